The first-order valence-electron chi connectivity index (χ1n) is 7.64. The van der Waals surface area contributed by atoms with E-state index < -0.39 is 21.5 Å². The summed E-state index contributed by atoms with van der Waals surface area (Å²) in [5, 5.41) is 13.1. The minimum Gasteiger partial charge on any atom is -0.389 e. The molecule has 1 aliphatic heterocycles. The van der Waals surface area contributed by atoms with Crippen molar-refractivity contribution < 1.29 is 18.3 Å². The third-order valence-electron chi connectivity index (χ3n) is 4.34. The van der Waals surface area contributed by atoms with E-state index in [0.29, 0.717) is 25.7 Å². The average Bonchev–Trinajstić information content (AvgIpc) is 2.70. The van der Waals surface area contributed by atoms with Crippen LogP contribution in [0.5, 0.6) is 0 Å². The summed E-state index contributed by atoms with van der Waals surface area (Å²) in [6.45, 7) is 2.63. The molecule has 1 saturated heterocycles. The number of hydrogen-bond acceptors (Lipinski definition) is 5. The molecule has 6 heteroatoms. The Balaban J connectivity index is 1.66. The number of aliphatic hydroxyl groups is 1. The molecule has 0 bridgehead atoms. The Kier molecular flexibility index (Phi) is 5.45. The van der Waals surface area contributed by atoms with Crippen molar-refractivity contribution in [2.75, 3.05) is 24.7 Å². The standard InChI is InChI=1S/C14H27NO4S/c1-14(7-8-20(17,18)11-14)15-9-12(16)10-19-13-5-3-2-4-6-13/h12-13,15-16H,2-11H2,1H3. The van der Waals surface area contributed by atoms with Crippen LogP contribution in [0.1, 0.15) is 45.4 Å². The van der Waals surface area contributed by atoms with Crippen LogP contribution in [0.15, 0.2) is 0 Å². The van der Waals surface area contributed by atoms with Gasteiger partial charge in [-0.25, -0.2) is 8.42 Å². The van der Waals surface area contributed by atoms with Gasteiger partial charge in [-0.1, -0.05) is 19.3 Å². The van der Waals surface area contributed by atoms with Gasteiger partial charge in [0.25, 0.3) is 0 Å². The summed E-state index contributed by atoms with van der Waals surface area (Å²) in [5.41, 5.74) is -0.398. The maximum absolute atomic E-state index is 11.5. The van der Waals surface area contributed by atoms with Gasteiger partial charge in [0.2, 0.25) is 0 Å². The molecule has 2 unspecified atom stereocenters. The van der Waals surface area contributed by atoms with Crippen molar-refractivity contribution in [3.05, 3.63) is 0 Å². The topological polar surface area (TPSA) is 75.6 Å². The predicted molar refractivity (Wildman–Crippen MR) is 78.5 cm³/mol. The van der Waals surface area contributed by atoms with Gasteiger partial charge < -0.3 is 15.2 Å². The van der Waals surface area contributed by atoms with E-state index in [1.54, 1.807) is 0 Å². The zero-order valence-corrected chi connectivity index (χ0v) is 13.1. The van der Waals surface area contributed by atoms with Crippen LogP contribution in [0.2, 0.25) is 0 Å². The zero-order chi connectivity index (χ0) is 14.6. The zero-order valence-electron chi connectivity index (χ0n) is 12.3. The number of aliphatic hydroxyl groups excluding tert-OH is 1. The number of nitrogens with one attached hydrogen (secondary N) is 1. The van der Waals surface area contributed by atoms with Crippen LogP contribution in [0.3, 0.4) is 0 Å². The molecule has 1 aliphatic carbocycles. The number of ether oxygens (including phenoxy) is 1. The summed E-state index contributed by atoms with van der Waals surface area (Å²) in [5.74, 6) is 0.404. The number of sulfone groups is 1. The lowest BCUT2D eigenvalue weighted by atomic mass is 9.98. The largest absolute Gasteiger partial charge is 0.389 e. The third-order valence-corrected chi connectivity index (χ3v) is 6.25. The molecular weight excluding hydrogens is 278 g/mol. The Labute approximate surface area is 122 Å². The molecule has 2 atom stereocenters. The lowest BCUT2D eigenvalue weighted by Gasteiger charge is -2.27. The molecule has 0 spiro atoms. The summed E-state index contributed by atoms with van der Waals surface area (Å²) in [6.07, 6.45) is 6.25. The van der Waals surface area contributed by atoms with E-state index in [1.807, 2.05) is 6.92 Å². The fourth-order valence-corrected chi connectivity index (χ4v) is 5.17. The summed E-state index contributed by atoms with van der Waals surface area (Å²) < 4.78 is 28.7. The predicted octanol–water partition coefficient (Wildman–Crippen LogP) is 0.863. The number of rotatable bonds is 6. The van der Waals surface area contributed by atoms with Gasteiger partial charge in [-0.2, -0.15) is 0 Å². The Morgan fingerprint density at radius 2 is 2.05 bits per heavy atom. The minimum absolute atomic E-state index is 0.163. The van der Waals surface area contributed by atoms with Crippen molar-refractivity contribution in [3.63, 3.8) is 0 Å². The van der Waals surface area contributed by atoms with Crippen molar-refractivity contribution in [2.45, 2.75) is 63.2 Å². The Morgan fingerprint density at radius 3 is 2.65 bits per heavy atom. The van der Waals surface area contributed by atoms with E-state index in [9.17, 15) is 13.5 Å². The van der Waals surface area contributed by atoms with Crippen LogP contribution in [-0.4, -0.2) is 55.9 Å². The molecular formula is C14H27NO4S. The first-order chi connectivity index (χ1) is 9.39. The molecule has 2 N–H and O–H groups in total. The van der Waals surface area contributed by atoms with Gasteiger partial charge in [0, 0.05) is 12.1 Å². The molecule has 0 aromatic carbocycles. The van der Waals surface area contributed by atoms with Gasteiger partial charge >= 0.3 is 0 Å². The minimum atomic E-state index is -2.91. The Morgan fingerprint density at radius 1 is 1.35 bits per heavy atom. The summed E-state index contributed by atoms with van der Waals surface area (Å²) >= 11 is 0. The van der Waals surface area contributed by atoms with E-state index in [1.165, 1.54) is 19.3 Å². The molecule has 0 aromatic heterocycles. The second-order valence-corrected chi connectivity index (χ2v) is 8.71. The second-order valence-electron chi connectivity index (χ2n) is 6.53. The summed E-state index contributed by atoms with van der Waals surface area (Å²) in [7, 11) is -2.91. The lowest BCUT2D eigenvalue weighted by Crippen LogP contribution is -2.47. The van der Waals surface area contributed by atoms with Crippen LogP contribution in [0.25, 0.3) is 0 Å². The van der Waals surface area contributed by atoms with Crippen molar-refractivity contribution >= 4 is 9.84 Å². The highest BCUT2D eigenvalue weighted by Crippen LogP contribution is 2.23. The molecule has 1 saturated carbocycles. The van der Waals surface area contributed by atoms with E-state index in [-0.39, 0.29) is 11.5 Å². The third kappa shape index (κ3) is 4.98. The van der Waals surface area contributed by atoms with E-state index in [0.717, 1.165) is 12.8 Å². The molecule has 2 rings (SSSR count). The first-order valence-corrected chi connectivity index (χ1v) is 9.46. The average molecular weight is 305 g/mol. The van der Waals surface area contributed by atoms with E-state index in [4.69, 9.17) is 4.74 Å². The van der Waals surface area contributed by atoms with Gasteiger partial charge in [0.1, 0.15) is 0 Å². The summed E-state index contributed by atoms with van der Waals surface area (Å²) in [6, 6.07) is 0. The van der Waals surface area contributed by atoms with Crippen molar-refractivity contribution in [2.24, 2.45) is 0 Å². The maximum atomic E-state index is 11.5. The normalized spacial score (nSPS) is 32.3. The fourth-order valence-electron chi connectivity index (χ4n) is 3.05. The van der Waals surface area contributed by atoms with Gasteiger partial charge in [0.05, 0.1) is 30.3 Å². The SMILES string of the molecule is CC1(NCC(O)COC2CCCCC2)CCS(=O)(=O)C1. The van der Waals surface area contributed by atoms with Crippen molar-refractivity contribution in [1.29, 1.82) is 0 Å². The van der Waals surface area contributed by atoms with Gasteiger partial charge in [-0.05, 0) is 26.2 Å². The highest BCUT2D eigenvalue weighted by molar-refractivity contribution is 7.91. The molecule has 1 heterocycles. The monoisotopic (exact) mass is 305 g/mol. The Hall–Kier alpha value is -0.170. The van der Waals surface area contributed by atoms with Gasteiger partial charge in [-0.15, -0.1) is 0 Å². The lowest BCUT2D eigenvalue weighted by molar-refractivity contribution is -0.0244. The van der Waals surface area contributed by atoms with Crippen molar-refractivity contribution in [3.8, 4) is 0 Å². The van der Waals surface area contributed by atoms with Crippen LogP contribution >= 0.6 is 0 Å². The van der Waals surface area contributed by atoms with Crippen LogP contribution in [-0.2, 0) is 14.6 Å². The number of hydrogen-bond donors (Lipinski definition) is 2. The maximum Gasteiger partial charge on any atom is 0.152 e. The molecule has 5 nitrogen and oxygen atoms in total. The molecule has 2 aliphatic rings. The van der Waals surface area contributed by atoms with Gasteiger partial charge in [-0.3, -0.25) is 0 Å². The highest BCUT2D eigenvalue weighted by atomic mass is 32.2. The smallest absolute Gasteiger partial charge is 0.152 e. The van der Waals surface area contributed by atoms with Crippen LogP contribution in [0, 0.1) is 0 Å². The quantitative estimate of drug-likeness (QED) is 0.761. The van der Waals surface area contributed by atoms with Crippen LogP contribution in [0.4, 0.5) is 0 Å². The first kappa shape index (κ1) is 16.2. The summed E-state index contributed by atoms with van der Waals surface area (Å²) in [4.78, 5) is 0. The molecule has 2 fully saturated rings. The molecule has 0 aromatic rings. The molecule has 0 amide bonds. The molecule has 0 radical (unpaired) electrons. The highest BCUT2D eigenvalue weighted by Gasteiger charge is 2.38. The van der Waals surface area contributed by atoms with Crippen molar-refractivity contribution in [1.82, 2.24) is 5.32 Å². The van der Waals surface area contributed by atoms with Gasteiger partial charge in [0.15, 0.2) is 9.84 Å². The molecule has 20 heavy (non-hydrogen) atoms. The fraction of sp³-hybridized carbons (Fsp3) is 1.00. The molecule has 118 valence electrons. The Bertz CT molecular complexity index is 405. The van der Waals surface area contributed by atoms with E-state index >= 15 is 0 Å². The second kappa shape index (κ2) is 6.73. The number of β-amino-alcohol motifs (C(OH)–C–C–N with tert-alkyl or cyclic N) is 1. The van der Waals surface area contributed by atoms with Crippen LogP contribution < -0.4 is 5.32 Å². The van der Waals surface area contributed by atoms with E-state index in [2.05, 4.69) is 5.32 Å².